The van der Waals surface area contributed by atoms with E-state index in [-0.39, 0.29) is 5.69 Å². The Hall–Kier alpha value is -3.41. The molecule has 3 rings (SSSR count). The number of aryl methyl sites for hydroxylation is 1. The quantitative estimate of drug-likeness (QED) is 0.625. The Morgan fingerprint density at radius 2 is 1.56 bits per heavy atom. The second-order valence-electron chi connectivity index (χ2n) is 6.04. The summed E-state index contributed by atoms with van der Waals surface area (Å²) >= 11 is 0. The van der Waals surface area contributed by atoms with Crippen molar-refractivity contribution in [3.63, 3.8) is 0 Å². The summed E-state index contributed by atoms with van der Waals surface area (Å²) in [7, 11) is 0. The molecule has 3 aromatic rings. The first-order chi connectivity index (χ1) is 13.0. The van der Waals surface area contributed by atoms with Gasteiger partial charge in [0.05, 0.1) is 0 Å². The molecule has 0 aliphatic heterocycles. The third kappa shape index (κ3) is 5.54. The van der Waals surface area contributed by atoms with Crippen LogP contribution in [0.1, 0.15) is 11.1 Å². The van der Waals surface area contributed by atoms with Gasteiger partial charge in [0.15, 0.2) is 0 Å². The van der Waals surface area contributed by atoms with Crippen LogP contribution < -0.4 is 15.4 Å². The Labute approximate surface area is 155 Å². The fourth-order valence-electron chi connectivity index (χ4n) is 2.46. The van der Waals surface area contributed by atoms with Gasteiger partial charge in [-0.3, -0.25) is 0 Å². The molecule has 0 atom stereocenters. The molecule has 0 saturated carbocycles. The van der Waals surface area contributed by atoms with Crippen LogP contribution in [0.4, 0.5) is 25.0 Å². The van der Waals surface area contributed by atoms with Crippen molar-refractivity contribution in [1.29, 1.82) is 0 Å². The molecule has 0 fully saturated rings. The van der Waals surface area contributed by atoms with E-state index in [4.69, 9.17) is 4.74 Å². The van der Waals surface area contributed by atoms with E-state index in [0.29, 0.717) is 12.3 Å². The van der Waals surface area contributed by atoms with E-state index in [1.54, 1.807) is 18.2 Å². The zero-order chi connectivity index (χ0) is 19.2. The molecule has 6 heteroatoms. The zero-order valence-corrected chi connectivity index (χ0v) is 14.6. The molecule has 0 aliphatic rings. The molecule has 2 N–H and O–H groups in total. The van der Waals surface area contributed by atoms with E-state index in [1.807, 2.05) is 37.3 Å². The van der Waals surface area contributed by atoms with E-state index in [9.17, 15) is 13.6 Å². The molecule has 138 valence electrons. The summed E-state index contributed by atoms with van der Waals surface area (Å²) in [5, 5.41) is 5.02. The predicted molar refractivity (Wildman–Crippen MR) is 101 cm³/mol. The van der Waals surface area contributed by atoms with Crippen molar-refractivity contribution in [2.75, 3.05) is 10.6 Å². The van der Waals surface area contributed by atoms with Crippen molar-refractivity contribution in [1.82, 2.24) is 0 Å². The summed E-state index contributed by atoms with van der Waals surface area (Å²) < 4.78 is 32.1. The van der Waals surface area contributed by atoms with Crippen LogP contribution in [-0.2, 0) is 6.61 Å². The number of benzene rings is 3. The second kappa shape index (κ2) is 8.31. The molecular weight excluding hydrogens is 350 g/mol. The maximum Gasteiger partial charge on any atom is 0.323 e. The van der Waals surface area contributed by atoms with Crippen LogP contribution in [0.3, 0.4) is 0 Å². The number of rotatable bonds is 5. The van der Waals surface area contributed by atoms with Crippen LogP contribution in [0.2, 0.25) is 0 Å². The smallest absolute Gasteiger partial charge is 0.323 e. The van der Waals surface area contributed by atoms with Gasteiger partial charge in [-0.1, -0.05) is 29.8 Å². The number of urea groups is 1. The minimum Gasteiger partial charge on any atom is -0.489 e. The highest BCUT2D eigenvalue weighted by Crippen LogP contribution is 2.17. The predicted octanol–water partition coefficient (Wildman–Crippen LogP) is 5.50. The Morgan fingerprint density at radius 3 is 2.26 bits per heavy atom. The van der Waals surface area contributed by atoms with Crippen molar-refractivity contribution in [2.24, 2.45) is 0 Å². The van der Waals surface area contributed by atoms with E-state index in [0.717, 1.165) is 35.1 Å². The minimum atomic E-state index is -0.763. The number of ether oxygens (including phenoxy) is 1. The number of nitrogens with one attached hydrogen (secondary N) is 2. The maximum atomic E-state index is 13.2. The third-order valence-electron chi connectivity index (χ3n) is 3.73. The van der Waals surface area contributed by atoms with Gasteiger partial charge in [0.1, 0.15) is 24.0 Å². The molecule has 0 bridgehead atoms. The zero-order valence-electron chi connectivity index (χ0n) is 14.6. The van der Waals surface area contributed by atoms with Gasteiger partial charge in [0.25, 0.3) is 0 Å². The summed E-state index contributed by atoms with van der Waals surface area (Å²) in [6, 6.07) is 17.1. The Bertz CT molecular complexity index is 923. The fraction of sp³-hybridized carbons (Fsp3) is 0.0952. The average molecular weight is 368 g/mol. The molecule has 0 heterocycles. The van der Waals surface area contributed by atoms with Gasteiger partial charge in [-0.05, 0) is 48.9 Å². The van der Waals surface area contributed by atoms with Crippen molar-refractivity contribution in [3.05, 3.63) is 89.5 Å². The molecule has 0 unspecified atom stereocenters. The molecule has 0 aliphatic carbocycles. The summed E-state index contributed by atoms with van der Waals surface area (Å²) in [6.07, 6.45) is 0. The number of hydrogen-bond acceptors (Lipinski definition) is 2. The molecule has 27 heavy (non-hydrogen) atoms. The third-order valence-corrected chi connectivity index (χ3v) is 3.73. The summed E-state index contributed by atoms with van der Waals surface area (Å²) in [4.78, 5) is 12.0. The normalized spacial score (nSPS) is 10.3. The van der Waals surface area contributed by atoms with E-state index < -0.39 is 17.7 Å². The Balaban J connectivity index is 1.59. The number of carbonyl (C=O) groups excluding carboxylic acids is 1. The molecule has 0 aromatic heterocycles. The standard InChI is InChI=1S/C21H18F2N2O2/c1-14-5-7-20(8-6-14)27-13-15-3-2-4-18(9-15)24-21(26)25-19-11-16(22)10-17(23)12-19/h2-12H,13H2,1H3,(H2,24,25,26). The summed E-state index contributed by atoms with van der Waals surface area (Å²) in [6.45, 7) is 2.34. The lowest BCUT2D eigenvalue weighted by Gasteiger charge is -2.10. The van der Waals surface area contributed by atoms with E-state index in [2.05, 4.69) is 10.6 Å². The largest absolute Gasteiger partial charge is 0.489 e. The lowest BCUT2D eigenvalue weighted by Crippen LogP contribution is -2.19. The topological polar surface area (TPSA) is 50.4 Å². The fourth-order valence-corrected chi connectivity index (χ4v) is 2.46. The summed E-state index contributed by atoms with van der Waals surface area (Å²) in [5.41, 5.74) is 2.58. The van der Waals surface area contributed by atoms with Crippen molar-refractivity contribution < 1.29 is 18.3 Å². The van der Waals surface area contributed by atoms with Crippen LogP contribution in [0.15, 0.2) is 66.7 Å². The second-order valence-corrected chi connectivity index (χ2v) is 6.04. The van der Waals surface area contributed by atoms with Gasteiger partial charge in [0.2, 0.25) is 0 Å². The molecule has 2 amide bonds. The van der Waals surface area contributed by atoms with Crippen molar-refractivity contribution in [2.45, 2.75) is 13.5 Å². The average Bonchev–Trinajstić information content (AvgIpc) is 2.60. The van der Waals surface area contributed by atoms with E-state index in [1.165, 1.54) is 0 Å². The van der Waals surface area contributed by atoms with Crippen molar-refractivity contribution in [3.8, 4) is 5.75 Å². The highest BCUT2D eigenvalue weighted by Gasteiger charge is 2.06. The van der Waals surface area contributed by atoms with Gasteiger partial charge in [-0.2, -0.15) is 0 Å². The number of halogens is 2. The first-order valence-corrected chi connectivity index (χ1v) is 8.30. The van der Waals surface area contributed by atoms with Gasteiger partial charge in [0, 0.05) is 17.4 Å². The number of carbonyl (C=O) groups is 1. The molecule has 0 saturated heterocycles. The van der Waals surface area contributed by atoms with Gasteiger partial charge >= 0.3 is 6.03 Å². The molecule has 0 spiro atoms. The Kier molecular flexibility index (Phi) is 5.66. The minimum absolute atomic E-state index is 0.0314. The molecule has 0 radical (unpaired) electrons. The van der Waals surface area contributed by atoms with Gasteiger partial charge in [-0.15, -0.1) is 0 Å². The molecule has 4 nitrogen and oxygen atoms in total. The Morgan fingerprint density at radius 1 is 0.889 bits per heavy atom. The lowest BCUT2D eigenvalue weighted by atomic mass is 10.2. The van der Waals surface area contributed by atoms with Crippen LogP contribution in [0, 0.1) is 18.6 Å². The first kappa shape index (κ1) is 18.4. The van der Waals surface area contributed by atoms with Crippen LogP contribution in [-0.4, -0.2) is 6.03 Å². The number of hydrogen-bond donors (Lipinski definition) is 2. The first-order valence-electron chi connectivity index (χ1n) is 8.30. The lowest BCUT2D eigenvalue weighted by molar-refractivity contribution is 0.262. The van der Waals surface area contributed by atoms with Crippen LogP contribution in [0.5, 0.6) is 5.75 Å². The maximum absolute atomic E-state index is 13.2. The molecule has 3 aromatic carbocycles. The summed E-state index contributed by atoms with van der Waals surface area (Å²) in [5.74, 6) is -0.772. The number of amides is 2. The van der Waals surface area contributed by atoms with Crippen LogP contribution in [0.25, 0.3) is 0 Å². The molecular formula is C21H18F2N2O2. The van der Waals surface area contributed by atoms with Gasteiger partial charge < -0.3 is 15.4 Å². The highest BCUT2D eigenvalue weighted by molar-refractivity contribution is 5.99. The van der Waals surface area contributed by atoms with Gasteiger partial charge in [-0.25, -0.2) is 13.6 Å². The highest BCUT2D eigenvalue weighted by atomic mass is 19.1. The monoisotopic (exact) mass is 368 g/mol. The van der Waals surface area contributed by atoms with E-state index >= 15 is 0 Å². The van der Waals surface area contributed by atoms with Crippen LogP contribution >= 0.6 is 0 Å². The van der Waals surface area contributed by atoms with Crippen molar-refractivity contribution >= 4 is 17.4 Å². The number of anilines is 2. The SMILES string of the molecule is Cc1ccc(OCc2cccc(NC(=O)Nc3cc(F)cc(F)c3)c2)cc1.